The van der Waals surface area contributed by atoms with E-state index in [0.717, 1.165) is 11.5 Å². The molecule has 0 saturated carbocycles. The van der Waals surface area contributed by atoms with Crippen LogP contribution in [-0.2, 0) is 25.8 Å². The zero-order chi connectivity index (χ0) is 22.8. The number of hydrogen-bond donors (Lipinski definition) is 3. The smallest absolute Gasteiger partial charge is 0.352 e. The number of rotatable bonds is 7. The number of amides is 2. The van der Waals surface area contributed by atoms with E-state index in [4.69, 9.17) is 10.6 Å². The van der Waals surface area contributed by atoms with Crippen LogP contribution in [0.5, 0.6) is 0 Å². The Kier molecular flexibility index (Phi) is 6.00. The van der Waals surface area contributed by atoms with Crippen molar-refractivity contribution < 1.29 is 29.0 Å². The second kappa shape index (κ2) is 8.88. The number of aromatic nitrogens is 4. The number of carboxylic acid groups (broad SMARTS) is 1. The molecule has 1 unspecified atom stereocenters. The minimum Gasteiger partial charge on any atom is -0.477 e. The van der Waals surface area contributed by atoms with Crippen molar-refractivity contribution in [1.29, 1.82) is 0 Å². The van der Waals surface area contributed by atoms with Gasteiger partial charge in [-0.05, 0) is 11.2 Å². The SMILES string of the molecule is CON=C(C(=O)NC1C(=O)N2C(C(=O)O)=C(C[n+]3ccccn3)CS[C@H]12)c1nsc(N)n1. The Morgan fingerprint density at radius 1 is 1.47 bits per heavy atom. The Labute approximate surface area is 189 Å². The lowest BCUT2D eigenvalue weighted by molar-refractivity contribution is -0.746. The van der Waals surface area contributed by atoms with E-state index >= 15 is 0 Å². The van der Waals surface area contributed by atoms with Crippen molar-refractivity contribution in [3.63, 3.8) is 0 Å². The fourth-order valence-corrected chi connectivity index (χ4v) is 5.04. The molecule has 1 saturated heterocycles. The molecule has 4 rings (SSSR count). The van der Waals surface area contributed by atoms with Crippen LogP contribution in [0.1, 0.15) is 5.82 Å². The van der Waals surface area contributed by atoms with Gasteiger partial charge in [0.05, 0.1) is 6.20 Å². The third-order valence-electron chi connectivity index (χ3n) is 4.61. The number of nitrogens with two attached hydrogens (primary N) is 1. The zero-order valence-electron chi connectivity index (χ0n) is 16.5. The van der Waals surface area contributed by atoms with E-state index in [9.17, 15) is 19.5 Å². The molecule has 166 valence electrons. The summed E-state index contributed by atoms with van der Waals surface area (Å²) in [6, 6.07) is 2.58. The Hall–Kier alpha value is -3.59. The van der Waals surface area contributed by atoms with Crippen molar-refractivity contribution in [2.45, 2.75) is 18.0 Å². The molecule has 2 aliphatic heterocycles. The van der Waals surface area contributed by atoms with Gasteiger partial charge in [0, 0.05) is 28.9 Å². The first-order valence-corrected chi connectivity index (χ1v) is 10.9. The number of hydrogen-bond acceptors (Lipinski definition) is 11. The van der Waals surface area contributed by atoms with Crippen LogP contribution < -0.4 is 15.7 Å². The number of nitrogen functional groups attached to an aromatic ring is 1. The van der Waals surface area contributed by atoms with E-state index in [2.05, 4.69) is 24.9 Å². The molecule has 4 N–H and O–H groups in total. The molecular weight excluding hydrogens is 460 g/mol. The van der Waals surface area contributed by atoms with Crippen LogP contribution >= 0.6 is 23.3 Å². The van der Waals surface area contributed by atoms with Gasteiger partial charge < -0.3 is 21.0 Å². The fourth-order valence-electron chi connectivity index (χ4n) is 3.27. The fraction of sp³-hybridized carbons (Fsp3) is 0.294. The van der Waals surface area contributed by atoms with Crippen molar-refractivity contribution in [3.8, 4) is 0 Å². The maximum atomic E-state index is 12.8. The summed E-state index contributed by atoms with van der Waals surface area (Å²) in [6.45, 7) is 0.227. The number of carboxylic acids is 1. The van der Waals surface area contributed by atoms with Crippen molar-refractivity contribution in [2.75, 3.05) is 18.6 Å². The molecule has 0 bridgehead atoms. The number of thioether (sulfide) groups is 1. The third-order valence-corrected chi connectivity index (χ3v) is 6.49. The van der Waals surface area contributed by atoms with Gasteiger partial charge in [-0.15, -0.1) is 11.8 Å². The molecule has 32 heavy (non-hydrogen) atoms. The van der Waals surface area contributed by atoms with Gasteiger partial charge in [0.1, 0.15) is 24.2 Å². The second-order valence-electron chi connectivity index (χ2n) is 6.59. The Morgan fingerprint density at radius 3 is 2.91 bits per heavy atom. The highest BCUT2D eigenvalue weighted by atomic mass is 32.2. The maximum absolute atomic E-state index is 12.8. The molecular formula is C17H17N8O5S2+. The van der Waals surface area contributed by atoms with Crippen molar-refractivity contribution in [2.24, 2.45) is 5.16 Å². The predicted molar refractivity (Wildman–Crippen MR) is 112 cm³/mol. The van der Waals surface area contributed by atoms with E-state index in [1.54, 1.807) is 29.2 Å². The molecule has 2 aromatic rings. The van der Waals surface area contributed by atoms with Gasteiger partial charge in [0.25, 0.3) is 11.8 Å². The molecule has 13 nitrogen and oxygen atoms in total. The van der Waals surface area contributed by atoms with E-state index in [1.165, 1.54) is 23.8 Å². The lowest BCUT2D eigenvalue weighted by atomic mass is 10.0. The average molecular weight is 478 g/mol. The summed E-state index contributed by atoms with van der Waals surface area (Å²) in [5.74, 6) is -2.18. The van der Waals surface area contributed by atoms with E-state index in [0.29, 0.717) is 11.3 Å². The Morgan fingerprint density at radius 2 is 2.28 bits per heavy atom. The summed E-state index contributed by atoms with van der Waals surface area (Å²) in [7, 11) is 1.25. The molecule has 15 heteroatoms. The van der Waals surface area contributed by atoms with Crippen molar-refractivity contribution in [1.82, 2.24) is 24.7 Å². The minimum absolute atomic E-state index is 0.0347. The van der Waals surface area contributed by atoms with Crippen LogP contribution in [0.2, 0.25) is 0 Å². The number of nitrogens with zero attached hydrogens (tertiary/aromatic N) is 6. The van der Waals surface area contributed by atoms with Gasteiger partial charge in [0.15, 0.2) is 17.9 Å². The van der Waals surface area contributed by atoms with Crippen LogP contribution in [0.3, 0.4) is 0 Å². The molecule has 0 aliphatic carbocycles. The number of nitrogens with one attached hydrogen (secondary N) is 1. The maximum Gasteiger partial charge on any atom is 0.352 e. The number of fused-ring (bicyclic) bond motifs is 1. The molecule has 0 radical (unpaired) electrons. The normalized spacial score (nSPS) is 20.5. The van der Waals surface area contributed by atoms with Crippen molar-refractivity contribution >= 4 is 51.9 Å². The summed E-state index contributed by atoms with van der Waals surface area (Å²) >= 11 is 2.23. The first kappa shape index (κ1) is 21.6. The van der Waals surface area contributed by atoms with Gasteiger partial charge in [-0.1, -0.05) is 9.84 Å². The van der Waals surface area contributed by atoms with Gasteiger partial charge >= 0.3 is 5.97 Å². The number of β-lactam (4-membered cyclic amide) rings is 1. The highest BCUT2D eigenvalue weighted by molar-refractivity contribution is 8.00. The number of carbonyl (C=O) groups is 3. The predicted octanol–water partition coefficient (Wildman–Crippen LogP) is -1.41. The van der Waals surface area contributed by atoms with E-state index < -0.39 is 29.2 Å². The lowest BCUT2D eigenvalue weighted by Crippen LogP contribution is -2.71. The van der Waals surface area contributed by atoms with Crippen LogP contribution in [0.15, 0.2) is 41.0 Å². The number of carbonyl (C=O) groups excluding carboxylic acids is 2. The van der Waals surface area contributed by atoms with Crippen LogP contribution in [0, 0.1) is 0 Å². The van der Waals surface area contributed by atoms with Gasteiger partial charge in [0.2, 0.25) is 11.5 Å². The van der Waals surface area contributed by atoms with Gasteiger partial charge in [-0.3, -0.25) is 14.5 Å². The van der Waals surface area contributed by atoms with Crippen LogP contribution in [0.25, 0.3) is 0 Å². The number of aliphatic carboxylic acids is 1. The Balaban J connectivity index is 1.53. The van der Waals surface area contributed by atoms with E-state index in [-0.39, 0.29) is 28.9 Å². The van der Waals surface area contributed by atoms with Gasteiger partial charge in [-0.2, -0.15) is 9.36 Å². The van der Waals surface area contributed by atoms with E-state index in [1.807, 2.05) is 0 Å². The lowest BCUT2D eigenvalue weighted by Gasteiger charge is -2.49. The summed E-state index contributed by atoms with van der Waals surface area (Å²) in [4.78, 5) is 47.3. The summed E-state index contributed by atoms with van der Waals surface area (Å²) in [5.41, 5.74) is 5.77. The van der Waals surface area contributed by atoms with Crippen LogP contribution in [0.4, 0.5) is 5.13 Å². The molecule has 2 amide bonds. The number of anilines is 1. The molecule has 0 spiro atoms. The molecule has 1 fully saturated rings. The van der Waals surface area contributed by atoms with Gasteiger partial charge in [-0.25, -0.2) is 4.79 Å². The standard InChI is InChI=1S/C17H16N8O5S2/c1-30-22-9(12-21-17(18)32-23-12)13(26)20-10-14(27)25-11(16(28)29)8(7-31-15(10)25)6-24-5-3-2-4-19-24/h2-5,10,15H,6-7H2,1H3,(H3-,18,20,21,23,26,28,29)/p+1/t10?,15-/m1/s1. The zero-order valence-corrected chi connectivity index (χ0v) is 18.2. The number of oxime groups is 1. The second-order valence-corrected chi connectivity index (χ2v) is 8.48. The first-order chi connectivity index (χ1) is 15.4. The average Bonchev–Trinajstić information content (AvgIpc) is 3.21. The molecule has 0 aromatic carbocycles. The molecule has 2 atom stereocenters. The summed E-state index contributed by atoms with van der Waals surface area (Å²) in [6.07, 6.45) is 3.30. The monoisotopic (exact) mass is 477 g/mol. The quantitative estimate of drug-likeness (QED) is 0.186. The Bertz CT molecular complexity index is 1130. The summed E-state index contributed by atoms with van der Waals surface area (Å²) < 4.78 is 5.52. The topological polar surface area (TPSA) is 177 Å². The molecule has 4 heterocycles. The first-order valence-electron chi connectivity index (χ1n) is 9.13. The largest absolute Gasteiger partial charge is 0.477 e. The molecule has 2 aromatic heterocycles. The third kappa shape index (κ3) is 3.99. The highest BCUT2D eigenvalue weighted by Crippen LogP contribution is 2.40. The summed E-state index contributed by atoms with van der Waals surface area (Å²) in [5, 5.41) is 19.7. The molecule has 2 aliphatic rings. The van der Waals surface area contributed by atoms with Crippen LogP contribution in [-0.4, -0.2) is 72.2 Å². The highest BCUT2D eigenvalue weighted by Gasteiger charge is 2.55. The van der Waals surface area contributed by atoms with Crippen molar-refractivity contribution in [3.05, 3.63) is 41.6 Å². The minimum atomic E-state index is -1.22.